The fraction of sp³-hybridized carbons (Fsp3) is 0.222. The Hall–Kier alpha value is -2.82. The zero-order valence-electron chi connectivity index (χ0n) is 13.5. The lowest BCUT2D eigenvalue weighted by Crippen LogP contribution is -2.23. The molecule has 0 saturated carbocycles. The first kappa shape index (κ1) is 15.1. The van der Waals surface area contributed by atoms with E-state index in [2.05, 4.69) is 41.4 Å². The van der Waals surface area contributed by atoms with E-state index >= 15 is 0 Å². The molecule has 0 radical (unpaired) electrons. The summed E-state index contributed by atoms with van der Waals surface area (Å²) in [5, 5.41) is 5.64. The molecule has 3 aromatic rings. The van der Waals surface area contributed by atoms with E-state index in [1.807, 2.05) is 48.5 Å². The molecular formula is C18H20N4O. The normalized spacial score (nSPS) is 11.4. The number of carbonyl (C=O) groups is 1. The first-order valence-corrected chi connectivity index (χ1v) is 7.56. The standard InChI is InChI=1S/C18H20N4O/c1-18(2,3)12-8-4-5-9-13(12)21-17(23)22-16-19-14-10-6-7-11-15(14)20-16/h4-11H,1-3H3,(H3,19,20,21,22,23). The highest BCUT2D eigenvalue weighted by atomic mass is 16.2. The van der Waals surface area contributed by atoms with Gasteiger partial charge in [0.25, 0.3) is 0 Å². The number of nitrogens with one attached hydrogen (secondary N) is 3. The predicted octanol–water partition coefficient (Wildman–Crippen LogP) is 4.50. The van der Waals surface area contributed by atoms with Crippen molar-refractivity contribution in [3.63, 3.8) is 0 Å². The summed E-state index contributed by atoms with van der Waals surface area (Å²) >= 11 is 0. The minimum Gasteiger partial charge on any atom is -0.324 e. The van der Waals surface area contributed by atoms with Crippen molar-refractivity contribution < 1.29 is 4.79 Å². The van der Waals surface area contributed by atoms with E-state index in [-0.39, 0.29) is 11.4 Å². The minimum atomic E-state index is -0.319. The Balaban J connectivity index is 1.77. The van der Waals surface area contributed by atoms with Crippen LogP contribution in [0.4, 0.5) is 16.4 Å². The number of H-pyrrole nitrogens is 1. The maximum Gasteiger partial charge on any atom is 0.326 e. The van der Waals surface area contributed by atoms with E-state index in [4.69, 9.17) is 0 Å². The van der Waals surface area contributed by atoms with Crippen LogP contribution in [0.15, 0.2) is 48.5 Å². The van der Waals surface area contributed by atoms with Gasteiger partial charge in [0.2, 0.25) is 5.95 Å². The molecule has 0 spiro atoms. The number of para-hydroxylation sites is 3. The lowest BCUT2D eigenvalue weighted by molar-refractivity contribution is 0.262. The van der Waals surface area contributed by atoms with Crippen LogP contribution in [-0.2, 0) is 5.41 Å². The van der Waals surface area contributed by atoms with Crippen molar-refractivity contribution >= 4 is 28.7 Å². The topological polar surface area (TPSA) is 69.8 Å². The Kier molecular flexibility index (Phi) is 3.78. The Bertz CT molecular complexity index is 812. The van der Waals surface area contributed by atoms with Crippen LogP contribution in [0.5, 0.6) is 0 Å². The van der Waals surface area contributed by atoms with Gasteiger partial charge in [0, 0.05) is 5.69 Å². The summed E-state index contributed by atoms with van der Waals surface area (Å²) in [7, 11) is 0. The number of anilines is 2. The second-order valence-electron chi connectivity index (χ2n) is 6.48. The van der Waals surface area contributed by atoms with Crippen molar-refractivity contribution in [2.45, 2.75) is 26.2 Å². The summed E-state index contributed by atoms with van der Waals surface area (Å²) in [6, 6.07) is 15.1. The molecule has 0 unspecified atom stereocenters. The van der Waals surface area contributed by atoms with Gasteiger partial charge in [-0.25, -0.2) is 9.78 Å². The molecule has 0 aliphatic carbocycles. The van der Waals surface area contributed by atoms with Crippen LogP contribution >= 0.6 is 0 Å². The van der Waals surface area contributed by atoms with E-state index in [1.165, 1.54) is 0 Å². The van der Waals surface area contributed by atoms with Crippen molar-refractivity contribution in [2.75, 3.05) is 10.6 Å². The van der Waals surface area contributed by atoms with Gasteiger partial charge < -0.3 is 10.3 Å². The third-order valence-corrected chi connectivity index (χ3v) is 3.60. The molecule has 118 valence electrons. The molecule has 0 saturated heterocycles. The van der Waals surface area contributed by atoms with Crippen LogP contribution in [0.1, 0.15) is 26.3 Å². The third-order valence-electron chi connectivity index (χ3n) is 3.60. The molecule has 5 nitrogen and oxygen atoms in total. The number of carbonyl (C=O) groups excluding carboxylic acids is 1. The fourth-order valence-electron chi connectivity index (χ4n) is 2.52. The number of hydrogen-bond donors (Lipinski definition) is 3. The van der Waals surface area contributed by atoms with Crippen LogP contribution < -0.4 is 10.6 Å². The molecule has 3 N–H and O–H groups in total. The second-order valence-corrected chi connectivity index (χ2v) is 6.48. The van der Waals surface area contributed by atoms with Gasteiger partial charge in [-0.1, -0.05) is 51.1 Å². The molecule has 0 aliphatic rings. The summed E-state index contributed by atoms with van der Waals surface area (Å²) in [6.07, 6.45) is 0. The Morgan fingerprint density at radius 2 is 1.70 bits per heavy atom. The number of nitrogens with zero attached hydrogens (tertiary/aromatic N) is 1. The molecule has 2 amide bonds. The zero-order chi connectivity index (χ0) is 16.4. The molecular weight excluding hydrogens is 288 g/mol. The summed E-state index contributed by atoms with van der Waals surface area (Å²) in [6.45, 7) is 6.35. The average molecular weight is 308 g/mol. The highest BCUT2D eigenvalue weighted by Gasteiger charge is 2.18. The zero-order valence-corrected chi connectivity index (χ0v) is 13.5. The van der Waals surface area contributed by atoms with Crippen LogP contribution in [0.25, 0.3) is 11.0 Å². The van der Waals surface area contributed by atoms with Crippen LogP contribution in [0.3, 0.4) is 0 Å². The van der Waals surface area contributed by atoms with E-state index in [9.17, 15) is 4.79 Å². The number of fused-ring (bicyclic) bond motifs is 1. The van der Waals surface area contributed by atoms with Crippen LogP contribution in [0.2, 0.25) is 0 Å². The fourth-order valence-corrected chi connectivity index (χ4v) is 2.52. The van der Waals surface area contributed by atoms with Gasteiger partial charge in [0.15, 0.2) is 0 Å². The molecule has 3 rings (SSSR count). The summed E-state index contributed by atoms with van der Waals surface area (Å²) in [5.74, 6) is 0.428. The van der Waals surface area contributed by atoms with Crippen molar-refractivity contribution in [1.82, 2.24) is 9.97 Å². The molecule has 0 bridgehead atoms. The van der Waals surface area contributed by atoms with Crippen LogP contribution in [-0.4, -0.2) is 16.0 Å². The van der Waals surface area contributed by atoms with Gasteiger partial charge in [-0.2, -0.15) is 0 Å². The van der Waals surface area contributed by atoms with Gasteiger partial charge in [0.1, 0.15) is 0 Å². The highest BCUT2D eigenvalue weighted by molar-refractivity contribution is 6.00. The number of urea groups is 1. The van der Waals surface area contributed by atoms with Gasteiger partial charge in [-0.05, 0) is 29.2 Å². The SMILES string of the molecule is CC(C)(C)c1ccccc1NC(=O)Nc1nc2ccccc2[nH]1. The Labute approximate surface area is 135 Å². The molecule has 23 heavy (non-hydrogen) atoms. The molecule has 1 heterocycles. The van der Waals surface area contributed by atoms with E-state index in [1.54, 1.807) is 0 Å². The minimum absolute atomic E-state index is 0.0523. The number of aromatic nitrogens is 2. The first-order chi connectivity index (χ1) is 10.9. The maximum absolute atomic E-state index is 12.3. The highest BCUT2D eigenvalue weighted by Crippen LogP contribution is 2.29. The van der Waals surface area contributed by atoms with Crippen molar-refractivity contribution in [2.24, 2.45) is 0 Å². The lowest BCUT2D eigenvalue weighted by Gasteiger charge is -2.22. The summed E-state index contributed by atoms with van der Waals surface area (Å²) < 4.78 is 0. The number of amides is 2. The quantitative estimate of drug-likeness (QED) is 0.652. The molecule has 0 fully saturated rings. The second kappa shape index (κ2) is 5.76. The lowest BCUT2D eigenvalue weighted by atomic mass is 9.86. The van der Waals surface area contributed by atoms with Gasteiger partial charge >= 0.3 is 6.03 Å². The monoisotopic (exact) mass is 308 g/mol. The van der Waals surface area contributed by atoms with Gasteiger partial charge in [-0.3, -0.25) is 5.32 Å². The molecule has 5 heteroatoms. The average Bonchev–Trinajstić information content (AvgIpc) is 2.88. The van der Waals surface area contributed by atoms with Crippen molar-refractivity contribution in [3.05, 3.63) is 54.1 Å². The maximum atomic E-state index is 12.3. The third kappa shape index (κ3) is 3.34. The number of imidazole rings is 1. The largest absolute Gasteiger partial charge is 0.326 e. The van der Waals surface area contributed by atoms with Gasteiger partial charge in [-0.15, -0.1) is 0 Å². The first-order valence-electron chi connectivity index (χ1n) is 7.56. The smallest absolute Gasteiger partial charge is 0.324 e. The van der Waals surface area contributed by atoms with E-state index < -0.39 is 0 Å². The number of aromatic amines is 1. The Morgan fingerprint density at radius 1 is 1.00 bits per heavy atom. The number of hydrogen-bond acceptors (Lipinski definition) is 2. The summed E-state index contributed by atoms with van der Waals surface area (Å²) in [5.41, 5.74) is 3.53. The van der Waals surface area contributed by atoms with E-state index in [0.717, 1.165) is 22.3 Å². The summed E-state index contributed by atoms with van der Waals surface area (Å²) in [4.78, 5) is 19.7. The molecule has 1 aromatic heterocycles. The van der Waals surface area contributed by atoms with Crippen molar-refractivity contribution in [1.29, 1.82) is 0 Å². The molecule has 0 atom stereocenters. The van der Waals surface area contributed by atoms with Gasteiger partial charge in [0.05, 0.1) is 11.0 Å². The molecule has 0 aliphatic heterocycles. The Morgan fingerprint density at radius 3 is 2.43 bits per heavy atom. The molecule has 2 aromatic carbocycles. The van der Waals surface area contributed by atoms with E-state index in [0.29, 0.717) is 5.95 Å². The number of rotatable bonds is 2. The number of benzene rings is 2. The predicted molar refractivity (Wildman–Crippen MR) is 93.9 cm³/mol. The van der Waals surface area contributed by atoms with Crippen LogP contribution in [0, 0.1) is 0 Å². The van der Waals surface area contributed by atoms with Crippen molar-refractivity contribution in [3.8, 4) is 0 Å².